The number of fused-ring (bicyclic) bond motifs is 1. The van der Waals surface area contributed by atoms with Crippen LogP contribution in [0.3, 0.4) is 0 Å². The highest BCUT2D eigenvalue weighted by Gasteiger charge is 2.66. The largest absolute Gasteiger partial charge is 0.454 e. The van der Waals surface area contributed by atoms with E-state index >= 15 is 0 Å². The average molecular weight is 692 g/mol. The molecule has 2 aliphatic heterocycles. The van der Waals surface area contributed by atoms with Crippen molar-refractivity contribution in [2.45, 2.75) is 123 Å². The lowest BCUT2D eigenvalue weighted by Gasteiger charge is -2.47. The van der Waals surface area contributed by atoms with Gasteiger partial charge in [-0.25, -0.2) is 4.79 Å². The summed E-state index contributed by atoms with van der Waals surface area (Å²) in [5.74, 6) is 0.207. The summed E-state index contributed by atoms with van der Waals surface area (Å²) in [6.45, 7) is 21.9. The Kier molecular flexibility index (Phi) is 10.9. The molecular formula is C32H49N3O8SSi2. The third-order valence-corrected chi connectivity index (χ3v) is 19.7. The number of hydrogen-bond donors (Lipinski definition) is 1. The van der Waals surface area contributed by atoms with Crippen LogP contribution in [0.1, 0.15) is 79.6 Å². The Bertz CT molecular complexity index is 1520. The molecule has 2 aliphatic rings. The molecule has 0 aliphatic carbocycles. The van der Waals surface area contributed by atoms with E-state index in [0.717, 1.165) is 5.56 Å². The van der Waals surface area contributed by atoms with Crippen molar-refractivity contribution in [3.05, 3.63) is 62.4 Å². The van der Waals surface area contributed by atoms with Gasteiger partial charge in [0.05, 0.1) is 12.1 Å². The minimum atomic E-state index is -3.13. The summed E-state index contributed by atoms with van der Waals surface area (Å²) >= 11 is 5.47. The Morgan fingerprint density at radius 1 is 0.913 bits per heavy atom. The molecule has 0 unspecified atom stereocenters. The van der Waals surface area contributed by atoms with Crippen LogP contribution in [0, 0.1) is 13.8 Å². The summed E-state index contributed by atoms with van der Waals surface area (Å²) in [6.07, 6.45) is -1.02. The molecule has 1 aromatic heterocycles. The lowest BCUT2D eigenvalue weighted by molar-refractivity contribution is -0.136. The van der Waals surface area contributed by atoms with Gasteiger partial charge in [0, 0.05) is 30.9 Å². The fourth-order valence-corrected chi connectivity index (χ4v) is 18.3. The van der Waals surface area contributed by atoms with Crippen molar-refractivity contribution < 1.29 is 27.2 Å². The van der Waals surface area contributed by atoms with Crippen molar-refractivity contribution in [2.75, 3.05) is 6.61 Å². The second kappa shape index (κ2) is 13.8. The van der Waals surface area contributed by atoms with Gasteiger partial charge in [-0.1, -0.05) is 73.1 Å². The number of ether oxygens (including phenoxy) is 2. The van der Waals surface area contributed by atoms with Gasteiger partial charge in [0.25, 0.3) is 5.56 Å². The smallest absolute Gasteiger partial charge is 0.357 e. The van der Waals surface area contributed by atoms with Crippen LogP contribution in [-0.2, 0) is 22.5 Å². The molecule has 4 rings (SSSR count). The fourth-order valence-electron chi connectivity index (χ4n) is 6.80. The van der Waals surface area contributed by atoms with Crippen molar-refractivity contribution >= 4 is 40.5 Å². The number of thiocarbonyl (C=S) groups is 1. The standard InChI is InChI=1S/C32H49N3O8SSi2/c1-18(2)45(19(3)4)41-27-26(17-39-32(44)40-25-14-12-22(9)13-15-25)35(24(11)36)30(34-16-23(10)29(37)33-31(34)38)28(27)42-46(43-45,20(5)6)21(7)8/h12-16,18-21,26-28,30H,17H2,1-11H3,(H,33,37,38)/t26-,27-,28-,30-/m1/s1. The first-order chi connectivity index (χ1) is 21.4. The Morgan fingerprint density at radius 2 is 1.43 bits per heavy atom. The summed E-state index contributed by atoms with van der Waals surface area (Å²) < 4.78 is 35.1. The lowest BCUT2D eigenvalue weighted by atomic mass is 10.1. The van der Waals surface area contributed by atoms with Crippen molar-refractivity contribution in [3.8, 4) is 5.75 Å². The Balaban J connectivity index is 1.90. The molecule has 46 heavy (non-hydrogen) atoms. The van der Waals surface area contributed by atoms with Crippen molar-refractivity contribution in [1.29, 1.82) is 0 Å². The van der Waals surface area contributed by atoms with Gasteiger partial charge >= 0.3 is 28.0 Å². The van der Waals surface area contributed by atoms with Crippen LogP contribution in [0.5, 0.6) is 5.75 Å². The fraction of sp³-hybridized carbons (Fsp3) is 0.625. The molecule has 2 fully saturated rings. The minimum absolute atomic E-state index is 0.0190. The summed E-state index contributed by atoms with van der Waals surface area (Å²) in [6, 6.07) is 6.68. The number of benzene rings is 1. The second-order valence-electron chi connectivity index (χ2n) is 13.7. The molecule has 0 spiro atoms. The molecule has 1 aromatic carbocycles. The highest BCUT2D eigenvalue weighted by molar-refractivity contribution is 7.79. The molecule has 1 amide bonds. The summed E-state index contributed by atoms with van der Waals surface area (Å²) in [7, 11) is -6.22. The molecule has 3 heterocycles. The molecular weight excluding hydrogens is 643 g/mol. The minimum Gasteiger partial charge on any atom is -0.454 e. The van der Waals surface area contributed by atoms with Gasteiger partial charge in [-0.2, -0.15) is 0 Å². The maximum Gasteiger partial charge on any atom is 0.357 e. The number of carbonyl (C=O) groups excluding carboxylic acids is 1. The quantitative estimate of drug-likeness (QED) is 0.279. The van der Waals surface area contributed by atoms with Crippen LogP contribution >= 0.6 is 12.2 Å². The third-order valence-electron chi connectivity index (χ3n) is 9.21. The zero-order valence-corrected chi connectivity index (χ0v) is 31.6. The SMILES string of the molecule is CC(=O)N1[C@H](COC(=S)Oc2ccc(C)cc2)[C@H]2O[Si](C(C)C)(C(C)C)O[Si](C(C)C)(C(C)C)O[C@H]2[C@@H]1n1cc(C)c(=O)[nH]c1=O. The number of carbonyl (C=O) groups is 1. The Hall–Kier alpha value is -2.63. The first-order valence-electron chi connectivity index (χ1n) is 16.0. The number of amides is 1. The Labute approximate surface area is 279 Å². The monoisotopic (exact) mass is 691 g/mol. The van der Waals surface area contributed by atoms with Crippen molar-refractivity contribution in [3.63, 3.8) is 0 Å². The molecule has 0 radical (unpaired) electrons. The molecule has 0 saturated carbocycles. The zero-order valence-electron chi connectivity index (χ0n) is 28.8. The van der Waals surface area contributed by atoms with E-state index in [2.05, 4.69) is 60.4 Å². The number of nitrogens with zero attached hydrogens (tertiary/aromatic N) is 2. The van der Waals surface area contributed by atoms with Gasteiger partial charge in [0.1, 0.15) is 24.6 Å². The summed E-state index contributed by atoms with van der Waals surface area (Å²) in [5.41, 5.74) is 0.355. The number of aromatic nitrogens is 2. The van der Waals surface area contributed by atoms with Crippen LogP contribution in [-0.4, -0.2) is 67.6 Å². The van der Waals surface area contributed by atoms with Gasteiger partial charge in [0.15, 0.2) is 0 Å². The second-order valence-corrected chi connectivity index (χ2v) is 22.8. The van der Waals surface area contributed by atoms with Crippen LogP contribution < -0.4 is 16.0 Å². The van der Waals surface area contributed by atoms with Crippen LogP contribution in [0.2, 0.25) is 22.2 Å². The van der Waals surface area contributed by atoms with Crippen LogP contribution in [0.25, 0.3) is 0 Å². The van der Waals surface area contributed by atoms with E-state index in [9.17, 15) is 14.4 Å². The van der Waals surface area contributed by atoms with Gasteiger partial charge in [0.2, 0.25) is 5.91 Å². The molecule has 254 valence electrons. The van der Waals surface area contributed by atoms with Gasteiger partial charge in [-0.05, 0) is 48.1 Å². The molecule has 1 N–H and O–H groups in total. The predicted molar refractivity (Wildman–Crippen MR) is 184 cm³/mol. The number of likely N-dealkylation sites (tertiary alicyclic amines) is 1. The first-order valence-corrected chi connectivity index (χ1v) is 20.4. The van der Waals surface area contributed by atoms with E-state index in [4.69, 9.17) is 34.7 Å². The molecule has 11 nitrogen and oxygen atoms in total. The van der Waals surface area contributed by atoms with Gasteiger partial charge < -0.3 is 27.3 Å². The first kappa shape index (κ1) is 36.2. The van der Waals surface area contributed by atoms with E-state index in [1.807, 2.05) is 19.1 Å². The summed E-state index contributed by atoms with van der Waals surface area (Å²) in [4.78, 5) is 43.5. The van der Waals surface area contributed by atoms with E-state index in [-0.39, 0.29) is 39.9 Å². The van der Waals surface area contributed by atoms with E-state index < -0.39 is 52.8 Å². The number of hydrogen-bond acceptors (Lipinski definition) is 9. The highest BCUT2D eigenvalue weighted by atomic mass is 32.1. The van der Waals surface area contributed by atoms with E-state index in [1.165, 1.54) is 17.7 Å². The molecule has 14 heteroatoms. The number of aromatic amines is 1. The molecule has 2 aromatic rings. The molecule has 0 bridgehead atoms. The number of rotatable bonds is 8. The molecule has 2 saturated heterocycles. The normalized spacial score (nSPS) is 23.9. The van der Waals surface area contributed by atoms with Gasteiger partial charge in [-0.15, -0.1) is 0 Å². The Morgan fingerprint density at radius 3 is 1.93 bits per heavy atom. The van der Waals surface area contributed by atoms with Gasteiger partial charge in [-0.3, -0.25) is 19.1 Å². The number of aryl methyl sites for hydroxylation is 2. The van der Waals surface area contributed by atoms with E-state index in [1.54, 1.807) is 24.0 Å². The molecule has 4 atom stereocenters. The van der Waals surface area contributed by atoms with E-state index in [0.29, 0.717) is 11.3 Å². The number of nitrogens with one attached hydrogen (secondary N) is 1. The highest BCUT2D eigenvalue weighted by Crippen LogP contribution is 2.52. The maximum atomic E-state index is 13.7. The van der Waals surface area contributed by atoms with Crippen LogP contribution in [0.4, 0.5) is 0 Å². The summed E-state index contributed by atoms with van der Waals surface area (Å²) in [5, 5.41) is -0.112. The maximum absolute atomic E-state index is 13.7. The average Bonchev–Trinajstić information content (AvgIpc) is 3.13. The zero-order chi connectivity index (χ0) is 34.3. The lowest BCUT2D eigenvalue weighted by Crippen LogP contribution is -2.61. The topological polar surface area (TPSA) is 121 Å². The van der Waals surface area contributed by atoms with Crippen molar-refractivity contribution in [2.24, 2.45) is 0 Å². The predicted octanol–water partition coefficient (Wildman–Crippen LogP) is 5.59. The van der Waals surface area contributed by atoms with Crippen molar-refractivity contribution in [1.82, 2.24) is 14.5 Å². The number of H-pyrrole nitrogens is 1. The third kappa shape index (κ3) is 6.69. The van der Waals surface area contributed by atoms with Crippen LogP contribution in [0.15, 0.2) is 40.1 Å².